The summed E-state index contributed by atoms with van der Waals surface area (Å²) in [6, 6.07) is 8.12. The van der Waals surface area contributed by atoms with Crippen molar-refractivity contribution >= 4 is 22.7 Å². The summed E-state index contributed by atoms with van der Waals surface area (Å²) in [6.07, 6.45) is 3.41. The van der Waals surface area contributed by atoms with Crippen LogP contribution in [0.25, 0.3) is 16.7 Å². The summed E-state index contributed by atoms with van der Waals surface area (Å²) in [4.78, 5) is 4.45. The molecule has 20 heavy (non-hydrogen) atoms. The number of nitrogen functional groups attached to an aromatic ring is 1. The van der Waals surface area contributed by atoms with Gasteiger partial charge in [0, 0.05) is 11.1 Å². The molecule has 1 aliphatic rings. The highest BCUT2D eigenvalue weighted by Crippen LogP contribution is 2.47. The van der Waals surface area contributed by atoms with E-state index in [1.165, 1.54) is 5.70 Å². The molecule has 1 unspecified atom stereocenters. The molecule has 1 aromatic heterocycles. The minimum Gasteiger partial charge on any atom is -0.369 e. The molecule has 0 saturated heterocycles. The molecule has 0 bridgehead atoms. The number of para-hydroxylation sites is 2. The van der Waals surface area contributed by atoms with E-state index < -0.39 is 0 Å². The van der Waals surface area contributed by atoms with E-state index in [0.717, 1.165) is 17.5 Å². The van der Waals surface area contributed by atoms with Crippen molar-refractivity contribution in [3.8, 4) is 0 Å². The average molecular weight is 271 g/mol. The summed E-state index contributed by atoms with van der Waals surface area (Å²) in [5.41, 5.74) is 9.59. The molecule has 3 nitrogen and oxygen atoms in total. The molecular formula is C17H25N3. The first-order valence-electron chi connectivity index (χ1n) is 7.46. The Bertz CT molecular complexity index is 635. The Morgan fingerprint density at radius 3 is 2.50 bits per heavy atom. The number of allylic oxidation sites excluding steroid dienone is 2. The van der Waals surface area contributed by atoms with Gasteiger partial charge >= 0.3 is 0 Å². The largest absolute Gasteiger partial charge is 0.369 e. The topological polar surface area (TPSA) is 43.8 Å². The maximum absolute atomic E-state index is 6.11. The van der Waals surface area contributed by atoms with Crippen LogP contribution >= 0.6 is 0 Å². The van der Waals surface area contributed by atoms with E-state index >= 15 is 0 Å². The summed E-state index contributed by atoms with van der Waals surface area (Å²) < 4.78 is 2.11. The normalized spacial score (nSPS) is 20.4. The number of aromatic nitrogens is 2. The van der Waals surface area contributed by atoms with Gasteiger partial charge in [-0.05, 0) is 24.5 Å². The molecule has 1 aliphatic carbocycles. The first-order chi connectivity index (χ1) is 9.51. The third-order valence-corrected chi connectivity index (χ3v) is 4.38. The van der Waals surface area contributed by atoms with Gasteiger partial charge in [0.2, 0.25) is 5.95 Å². The summed E-state index contributed by atoms with van der Waals surface area (Å²) in [6.45, 7) is 10.9. The summed E-state index contributed by atoms with van der Waals surface area (Å²) in [5.74, 6) is 1.22. The number of imidazole rings is 1. The van der Waals surface area contributed by atoms with Crippen molar-refractivity contribution in [3.05, 3.63) is 30.3 Å². The Labute approximate surface area is 121 Å². The van der Waals surface area contributed by atoms with E-state index in [0.29, 0.717) is 11.9 Å². The van der Waals surface area contributed by atoms with Crippen LogP contribution in [0.3, 0.4) is 0 Å². The van der Waals surface area contributed by atoms with Crippen molar-refractivity contribution in [2.75, 3.05) is 5.73 Å². The van der Waals surface area contributed by atoms with Gasteiger partial charge < -0.3 is 5.73 Å². The van der Waals surface area contributed by atoms with Gasteiger partial charge in [0.05, 0.1) is 11.0 Å². The smallest absolute Gasteiger partial charge is 0.205 e. The second-order valence-corrected chi connectivity index (χ2v) is 5.74. The summed E-state index contributed by atoms with van der Waals surface area (Å²) in [7, 11) is 0. The van der Waals surface area contributed by atoms with Crippen molar-refractivity contribution in [1.82, 2.24) is 9.55 Å². The zero-order valence-corrected chi connectivity index (χ0v) is 13.1. The lowest BCUT2D eigenvalue weighted by molar-refractivity contribution is 0.339. The minimum atomic E-state index is 0.136. The molecule has 1 aromatic carbocycles. The predicted octanol–water partition coefficient (Wildman–Crippen LogP) is 4.55. The highest BCUT2D eigenvalue weighted by atomic mass is 15.2. The molecule has 1 heterocycles. The number of nitrogens with two attached hydrogens (primary N) is 1. The molecule has 2 aromatic rings. The standard InChI is InChI=1S/C15H19N3.C2H6/c1-10-8-9-13(15(10,2)3)18-12-7-5-4-6-11(12)17-14(18)16;1-2/h4-7,9-10H,8H2,1-3H3,(H2,16,17);1-2H3. The SMILES string of the molecule is CC.CC1CC=C(n2c(N)nc3ccccc32)C1(C)C. The van der Waals surface area contributed by atoms with E-state index in [4.69, 9.17) is 5.73 Å². The van der Waals surface area contributed by atoms with Gasteiger partial charge in [0.15, 0.2) is 0 Å². The van der Waals surface area contributed by atoms with E-state index in [2.05, 4.69) is 42.5 Å². The second-order valence-electron chi connectivity index (χ2n) is 5.74. The van der Waals surface area contributed by atoms with Crippen LogP contribution in [0, 0.1) is 11.3 Å². The van der Waals surface area contributed by atoms with E-state index in [9.17, 15) is 0 Å². The highest BCUT2D eigenvalue weighted by molar-refractivity contribution is 5.83. The van der Waals surface area contributed by atoms with E-state index in [1.807, 2.05) is 32.0 Å². The Morgan fingerprint density at radius 1 is 1.25 bits per heavy atom. The first kappa shape index (κ1) is 14.6. The molecule has 0 aliphatic heterocycles. The fourth-order valence-corrected chi connectivity index (χ4v) is 2.78. The van der Waals surface area contributed by atoms with Crippen molar-refractivity contribution in [1.29, 1.82) is 0 Å². The van der Waals surface area contributed by atoms with Crippen molar-refractivity contribution in [3.63, 3.8) is 0 Å². The lowest BCUT2D eigenvalue weighted by Crippen LogP contribution is -2.22. The molecule has 2 N–H and O–H groups in total. The Morgan fingerprint density at radius 2 is 1.90 bits per heavy atom. The molecule has 3 rings (SSSR count). The lowest BCUT2D eigenvalue weighted by Gasteiger charge is -2.29. The van der Waals surface area contributed by atoms with Crippen LogP contribution in [-0.2, 0) is 0 Å². The van der Waals surface area contributed by atoms with Crippen LogP contribution in [0.15, 0.2) is 30.3 Å². The number of anilines is 1. The lowest BCUT2D eigenvalue weighted by atomic mass is 9.81. The second kappa shape index (κ2) is 5.31. The Hall–Kier alpha value is -1.77. The number of fused-ring (bicyclic) bond motifs is 1. The molecule has 3 heteroatoms. The zero-order valence-electron chi connectivity index (χ0n) is 13.1. The van der Waals surface area contributed by atoms with Crippen LogP contribution < -0.4 is 5.73 Å². The number of benzene rings is 1. The van der Waals surface area contributed by atoms with Gasteiger partial charge in [-0.3, -0.25) is 4.57 Å². The maximum Gasteiger partial charge on any atom is 0.205 e. The van der Waals surface area contributed by atoms with Crippen LogP contribution in [0.1, 0.15) is 41.0 Å². The van der Waals surface area contributed by atoms with Gasteiger partial charge in [-0.25, -0.2) is 4.98 Å². The van der Waals surface area contributed by atoms with Crippen LogP contribution in [-0.4, -0.2) is 9.55 Å². The molecular weight excluding hydrogens is 246 g/mol. The molecule has 1 atom stereocenters. The monoisotopic (exact) mass is 271 g/mol. The van der Waals surface area contributed by atoms with Gasteiger partial charge in [-0.15, -0.1) is 0 Å². The van der Waals surface area contributed by atoms with Crippen molar-refractivity contribution < 1.29 is 0 Å². The maximum atomic E-state index is 6.11. The third-order valence-electron chi connectivity index (χ3n) is 4.38. The van der Waals surface area contributed by atoms with E-state index in [1.54, 1.807) is 0 Å². The minimum absolute atomic E-state index is 0.136. The number of rotatable bonds is 1. The number of hydrogen-bond acceptors (Lipinski definition) is 2. The molecule has 0 fully saturated rings. The Balaban J connectivity index is 0.000000704. The van der Waals surface area contributed by atoms with Crippen LogP contribution in [0.5, 0.6) is 0 Å². The number of hydrogen-bond donors (Lipinski definition) is 1. The fraction of sp³-hybridized carbons (Fsp3) is 0.471. The van der Waals surface area contributed by atoms with Gasteiger partial charge in [-0.2, -0.15) is 0 Å². The van der Waals surface area contributed by atoms with Gasteiger partial charge in [-0.1, -0.05) is 52.8 Å². The van der Waals surface area contributed by atoms with Crippen molar-refractivity contribution in [2.45, 2.75) is 41.0 Å². The Kier molecular flexibility index (Phi) is 3.89. The van der Waals surface area contributed by atoms with Gasteiger partial charge in [0.1, 0.15) is 0 Å². The molecule has 0 amide bonds. The molecule has 0 radical (unpaired) electrons. The molecule has 0 spiro atoms. The zero-order chi connectivity index (χ0) is 14.9. The predicted molar refractivity (Wildman–Crippen MR) is 87.3 cm³/mol. The first-order valence-corrected chi connectivity index (χ1v) is 7.46. The average Bonchev–Trinajstić information content (AvgIpc) is 2.89. The fourth-order valence-electron chi connectivity index (χ4n) is 2.78. The third kappa shape index (κ3) is 2.11. The molecule has 0 saturated carbocycles. The van der Waals surface area contributed by atoms with Crippen LogP contribution in [0.4, 0.5) is 5.95 Å². The highest BCUT2D eigenvalue weighted by Gasteiger charge is 2.36. The summed E-state index contributed by atoms with van der Waals surface area (Å²) >= 11 is 0. The molecule has 108 valence electrons. The number of nitrogens with zero attached hydrogens (tertiary/aromatic N) is 2. The quantitative estimate of drug-likeness (QED) is 0.826. The van der Waals surface area contributed by atoms with E-state index in [-0.39, 0.29) is 5.41 Å². The summed E-state index contributed by atoms with van der Waals surface area (Å²) in [5, 5.41) is 0. The van der Waals surface area contributed by atoms with Gasteiger partial charge in [0.25, 0.3) is 0 Å². The van der Waals surface area contributed by atoms with Crippen molar-refractivity contribution in [2.24, 2.45) is 11.3 Å². The van der Waals surface area contributed by atoms with Crippen LogP contribution in [0.2, 0.25) is 0 Å².